The third-order valence-corrected chi connectivity index (χ3v) is 5.38. The molecule has 0 unspecified atom stereocenters. The maximum absolute atomic E-state index is 13.2. The van der Waals surface area contributed by atoms with Crippen LogP contribution in [-0.2, 0) is 0 Å². The molecule has 6 nitrogen and oxygen atoms in total. The second-order valence-electron chi connectivity index (χ2n) is 7.10. The van der Waals surface area contributed by atoms with E-state index in [2.05, 4.69) is 0 Å². The minimum Gasteiger partial charge on any atom is -0.494 e. The van der Waals surface area contributed by atoms with Crippen LogP contribution in [0.4, 0.5) is 0 Å². The fourth-order valence-corrected chi connectivity index (χ4v) is 3.92. The Morgan fingerprint density at radius 1 is 0.900 bits per heavy atom. The van der Waals surface area contributed by atoms with E-state index in [0.717, 1.165) is 4.90 Å². The molecule has 3 aromatic carbocycles. The fraction of sp³-hybridized carbons (Fsp3) is 0.125. The normalized spacial score (nSPS) is 13.3. The maximum Gasteiger partial charge on any atom is 0.265 e. The summed E-state index contributed by atoms with van der Waals surface area (Å²) in [4.78, 5) is 40.1. The fourth-order valence-electron chi connectivity index (χ4n) is 3.92. The summed E-state index contributed by atoms with van der Waals surface area (Å²) in [6, 6.07) is 15.7. The molecule has 0 saturated heterocycles. The number of hydrogen-bond acceptors (Lipinski definition) is 5. The van der Waals surface area contributed by atoms with E-state index in [1.165, 1.54) is 7.05 Å². The number of nitrogens with zero attached hydrogens (tertiary/aromatic N) is 1. The van der Waals surface area contributed by atoms with Crippen LogP contribution >= 0.6 is 0 Å². The molecule has 6 heteroatoms. The van der Waals surface area contributed by atoms with Crippen molar-refractivity contribution in [3.8, 4) is 16.9 Å². The smallest absolute Gasteiger partial charge is 0.265 e. The highest BCUT2D eigenvalue weighted by Gasteiger charge is 2.38. The van der Waals surface area contributed by atoms with Crippen LogP contribution in [0.3, 0.4) is 0 Å². The molecule has 0 aliphatic carbocycles. The molecule has 0 saturated carbocycles. The summed E-state index contributed by atoms with van der Waals surface area (Å²) in [5.74, 6) is -0.202. The Hall–Kier alpha value is -3.93. The van der Waals surface area contributed by atoms with Crippen molar-refractivity contribution in [1.82, 2.24) is 4.90 Å². The molecule has 4 aromatic rings. The zero-order chi connectivity index (χ0) is 21.0. The lowest BCUT2D eigenvalue weighted by Gasteiger charge is -2.11. The maximum atomic E-state index is 13.2. The largest absolute Gasteiger partial charge is 0.494 e. The zero-order valence-corrected chi connectivity index (χ0v) is 16.4. The number of hydrogen-bond donors (Lipinski definition) is 0. The lowest BCUT2D eigenvalue weighted by molar-refractivity contribution is 0.0693. The van der Waals surface area contributed by atoms with Gasteiger partial charge in [0.05, 0.1) is 28.5 Å². The Kier molecular flexibility index (Phi) is 3.96. The van der Waals surface area contributed by atoms with Crippen molar-refractivity contribution in [2.24, 2.45) is 0 Å². The van der Waals surface area contributed by atoms with E-state index in [-0.39, 0.29) is 27.5 Å². The predicted octanol–water partition coefficient (Wildman–Crippen LogP) is 4.24. The van der Waals surface area contributed by atoms with E-state index in [0.29, 0.717) is 34.5 Å². The molecule has 0 bridgehead atoms. The molecule has 0 fully saturated rings. The monoisotopic (exact) mass is 399 g/mol. The second-order valence-corrected chi connectivity index (χ2v) is 7.10. The van der Waals surface area contributed by atoms with Crippen LogP contribution in [0, 0.1) is 0 Å². The van der Waals surface area contributed by atoms with Gasteiger partial charge in [-0.15, -0.1) is 0 Å². The molecule has 1 aliphatic rings. The van der Waals surface area contributed by atoms with Crippen LogP contribution in [0.2, 0.25) is 0 Å². The first-order valence-electron chi connectivity index (χ1n) is 9.59. The van der Waals surface area contributed by atoms with Gasteiger partial charge in [-0.2, -0.15) is 0 Å². The van der Waals surface area contributed by atoms with Gasteiger partial charge in [0, 0.05) is 7.05 Å². The van der Waals surface area contributed by atoms with Crippen molar-refractivity contribution in [2.45, 2.75) is 6.92 Å². The van der Waals surface area contributed by atoms with Crippen LogP contribution in [0.25, 0.3) is 33.1 Å². The van der Waals surface area contributed by atoms with Crippen molar-refractivity contribution in [1.29, 1.82) is 0 Å². The molecule has 1 aromatic heterocycles. The molecule has 0 radical (unpaired) electrons. The Morgan fingerprint density at radius 2 is 1.60 bits per heavy atom. The van der Waals surface area contributed by atoms with E-state index in [1.807, 2.05) is 19.1 Å². The Morgan fingerprint density at radius 3 is 2.33 bits per heavy atom. The predicted molar refractivity (Wildman–Crippen MR) is 113 cm³/mol. The lowest BCUT2D eigenvalue weighted by Crippen LogP contribution is -2.24. The molecule has 0 atom stereocenters. The van der Waals surface area contributed by atoms with Crippen LogP contribution in [0.5, 0.6) is 5.75 Å². The number of benzene rings is 3. The highest BCUT2D eigenvalue weighted by molar-refractivity contribution is 6.28. The minimum atomic E-state index is -0.480. The van der Waals surface area contributed by atoms with Gasteiger partial charge in [-0.1, -0.05) is 24.3 Å². The Labute approximate surface area is 171 Å². The van der Waals surface area contributed by atoms with Gasteiger partial charge in [0.15, 0.2) is 5.58 Å². The summed E-state index contributed by atoms with van der Waals surface area (Å²) in [5.41, 5.74) is 1.89. The summed E-state index contributed by atoms with van der Waals surface area (Å²) < 4.78 is 11.4. The molecule has 1 aliphatic heterocycles. The van der Waals surface area contributed by atoms with Crippen LogP contribution < -0.4 is 10.2 Å². The van der Waals surface area contributed by atoms with Gasteiger partial charge in [0.2, 0.25) is 5.43 Å². The van der Waals surface area contributed by atoms with Crippen molar-refractivity contribution < 1.29 is 18.7 Å². The van der Waals surface area contributed by atoms with E-state index in [1.54, 1.807) is 42.5 Å². The Bertz CT molecular complexity index is 1420. The van der Waals surface area contributed by atoms with Gasteiger partial charge in [0.25, 0.3) is 11.8 Å². The highest BCUT2D eigenvalue weighted by atomic mass is 16.5. The molecule has 30 heavy (non-hydrogen) atoms. The quantitative estimate of drug-likeness (QED) is 0.380. The standard InChI is InChI=1S/C24H17NO5/c1-3-29-14-10-8-13(9-11-14)16-12-17-21(26)15-6-4-5-7-18(15)30-22(17)20-19(16)23(27)25(2)24(20)28/h4-12H,3H2,1-2H3. The molecule has 0 spiro atoms. The Balaban J connectivity index is 1.89. The van der Waals surface area contributed by atoms with Gasteiger partial charge in [-0.05, 0) is 48.4 Å². The molecular weight excluding hydrogens is 382 g/mol. The van der Waals surface area contributed by atoms with Crippen molar-refractivity contribution in [2.75, 3.05) is 13.7 Å². The molecule has 0 N–H and O–H groups in total. The van der Waals surface area contributed by atoms with Gasteiger partial charge >= 0.3 is 0 Å². The van der Waals surface area contributed by atoms with Crippen LogP contribution in [-0.4, -0.2) is 30.4 Å². The number of amides is 2. The van der Waals surface area contributed by atoms with E-state index >= 15 is 0 Å². The highest BCUT2D eigenvalue weighted by Crippen LogP contribution is 2.38. The van der Waals surface area contributed by atoms with Crippen molar-refractivity contribution >= 4 is 33.8 Å². The van der Waals surface area contributed by atoms with Gasteiger partial charge < -0.3 is 9.15 Å². The van der Waals surface area contributed by atoms with Crippen LogP contribution in [0.15, 0.2) is 63.8 Å². The number of fused-ring (bicyclic) bond motifs is 4. The van der Waals surface area contributed by atoms with Gasteiger partial charge in [0.1, 0.15) is 11.3 Å². The molecule has 5 rings (SSSR count). The van der Waals surface area contributed by atoms with E-state index in [9.17, 15) is 14.4 Å². The molecule has 148 valence electrons. The summed E-state index contributed by atoms with van der Waals surface area (Å²) in [6.45, 7) is 2.43. The number of carbonyl (C=O) groups is 2. The number of para-hydroxylation sites is 1. The number of imide groups is 1. The zero-order valence-electron chi connectivity index (χ0n) is 16.4. The first-order valence-corrected chi connectivity index (χ1v) is 9.59. The molecular formula is C24H17NO5. The molecule has 2 amide bonds. The topological polar surface area (TPSA) is 76.8 Å². The van der Waals surface area contributed by atoms with Gasteiger partial charge in [-0.25, -0.2) is 0 Å². The van der Waals surface area contributed by atoms with Gasteiger partial charge in [-0.3, -0.25) is 19.3 Å². The first kappa shape index (κ1) is 18.1. The summed E-state index contributed by atoms with van der Waals surface area (Å²) in [5, 5.41) is 0.695. The summed E-state index contributed by atoms with van der Waals surface area (Å²) in [6.07, 6.45) is 0. The first-order chi connectivity index (χ1) is 14.5. The lowest BCUT2D eigenvalue weighted by atomic mass is 9.93. The van der Waals surface area contributed by atoms with E-state index < -0.39 is 11.8 Å². The average molecular weight is 399 g/mol. The van der Waals surface area contributed by atoms with Crippen LogP contribution in [0.1, 0.15) is 27.6 Å². The summed E-state index contributed by atoms with van der Waals surface area (Å²) >= 11 is 0. The minimum absolute atomic E-state index is 0.131. The summed E-state index contributed by atoms with van der Waals surface area (Å²) in [7, 11) is 1.43. The number of carbonyl (C=O) groups excluding carboxylic acids is 2. The third kappa shape index (κ3) is 2.47. The van der Waals surface area contributed by atoms with E-state index in [4.69, 9.17) is 9.15 Å². The third-order valence-electron chi connectivity index (χ3n) is 5.38. The van der Waals surface area contributed by atoms with Crippen molar-refractivity contribution in [3.63, 3.8) is 0 Å². The second kappa shape index (κ2) is 6.56. The average Bonchev–Trinajstić information content (AvgIpc) is 2.99. The number of ether oxygens (including phenoxy) is 1. The molecule has 2 heterocycles. The SMILES string of the molecule is CCOc1ccc(-c2cc3c(=O)c4ccccc4oc3c3c2C(=O)N(C)C3=O)cc1. The van der Waals surface area contributed by atoms with Crippen molar-refractivity contribution in [3.05, 3.63) is 75.9 Å². The number of rotatable bonds is 3.